The summed E-state index contributed by atoms with van der Waals surface area (Å²) in [5, 5.41) is 9.65. The first kappa shape index (κ1) is 13.1. The standard InChI is InChI=1S/C13H15BrN4S/c14-10-5-6-11(15-8-10)9-19-13-17-16-12-4-2-1-3-7-18(12)13/h5-6,8H,1-4,7,9H2. The van der Waals surface area contributed by atoms with Crippen LogP contribution in [0.5, 0.6) is 0 Å². The van der Waals surface area contributed by atoms with E-state index in [4.69, 9.17) is 0 Å². The molecule has 0 radical (unpaired) electrons. The Labute approximate surface area is 125 Å². The maximum Gasteiger partial charge on any atom is 0.191 e. The van der Waals surface area contributed by atoms with E-state index in [-0.39, 0.29) is 0 Å². The molecule has 0 aliphatic carbocycles. The monoisotopic (exact) mass is 338 g/mol. The van der Waals surface area contributed by atoms with Crippen molar-refractivity contribution < 1.29 is 0 Å². The molecule has 0 atom stereocenters. The summed E-state index contributed by atoms with van der Waals surface area (Å²) in [7, 11) is 0. The van der Waals surface area contributed by atoms with Gasteiger partial charge in [0.1, 0.15) is 5.82 Å². The van der Waals surface area contributed by atoms with E-state index in [2.05, 4.69) is 35.7 Å². The summed E-state index contributed by atoms with van der Waals surface area (Å²) in [6.07, 6.45) is 6.65. The molecule has 1 aliphatic rings. The fourth-order valence-corrected chi connectivity index (χ4v) is 3.33. The third-order valence-corrected chi connectivity index (χ3v) is 4.68. The van der Waals surface area contributed by atoms with E-state index in [1.807, 2.05) is 18.3 Å². The minimum absolute atomic E-state index is 0.839. The van der Waals surface area contributed by atoms with Crippen LogP contribution in [0.15, 0.2) is 28.0 Å². The topological polar surface area (TPSA) is 43.6 Å². The maximum atomic E-state index is 4.38. The van der Waals surface area contributed by atoms with Crippen molar-refractivity contribution in [2.45, 2.75) is 43.1 Å². The second-order valence-corrected chi connectivity index (χ2v) is 6.48. The molecule has 6 heteroatoms. The van der Waals surface area contributed by atoms with Gasteiger partial charge in [-0.2, -0.15) is 0 Å². The summed E-state index contributed by atoms with van der Waals surface area (Å²) in [5.74, 6) is 1.98. The van der Waals surface area contributed by atoms with Gasteiger partial charge in [0, 0.05) is 29.4 Å². The first-order chi connectivity index (χ1) is 9.33. The molecule has 4 nitrogen and oxygen atoms in total. The third kappa shape index (κ3) is 3.17. The zero-order valence-electron chi connectivity index (χ0n) is 10.5. The molecule has 2 aromatic rings. The predicted octanol–water partition coefficient (Wildman–Crippen LogP) is 3.45. The van der Waals surface area contributed by atoms with Gasteiger partial charge < -0.3 is 4.57 Å². The Kier molecular flexibility index (Phi) is 4.18. The summed E-state index contributed by atoms with van der Waals surface area (Å²) in [4.78, 5) is 4.38. The van der Waals surface area contributed by atoms with Crippen molar-refractivity contribution in [3.8, 4) is 0 Å². The normalized spacial score (nSPS) is 15.0. The lowest BCUT2D eigenvalue weighted by Crippen LogP contribution is -2.02. The van der Waals surface area contributed by atoms with Crippen LogP contribution >= 0.6 is 27.7 Å². The molecule has 2 aromatic heterocycles. The van der Waals surface area contributed by atoms with Gasteiger partial charge in [0.05, 0.1) is 5.69 Å². The first-order valence-electron chi connectivity index (χ1n) is 6.48. The van der Waals surface area contributed by atoms with Gasteiger partial charge in [-0.05, 0) is 40.9 Å². The Bertz CT molecular complexity index is 552. The molecule has 0 N–H and O–H groups in total. The van der Waals surface area contributed by atoms with Crippen molar-refractivity contribution in [1.82, 2.24) is 19.7 Å². The van der Waals surface area contributed by atoms with Gasteiger partial charge in [0.15, 0.2) is 5.16 Å². The zero-order valence-corrected chi connectivity index (χ0v) is 13.0. The number of pyridine rings is 1. The summed E-state index contributed by atoms with van der Waals surface area (Å²) < 4.78 is 3.29. The van der Waals surface area contributed by atoms with Crippen molar-refractivity contribution in [3.63, 3.8) is 0 Å². The molecule has 0 aromatic carbocycles. The van der Waals surface area contributed by atoms with Crippen LogP contribution in [0.1, 0.15) is 30.8 Å². The molecular weight excluding hydrogens is 324 g/mol. The molecule has 0 saturated carbocycles. The molecular formula is C13H15BrN4S. The Morgan fingerprint density at radius 3 is 3.00 bits per heavy atom. The molecule has 0 fully saturated rings. The highest BCUT2D eigenvalue weighted by Gasteiger charge is 2.14. The SMILES string of the molecule is Brc1ccc(CSc2nnc3n2CCCCC3)nc1. The van der Waals surface area contributed by atoms with Gasteiger partial charge in [-0.3, -0.25) is 4.98 Å². The summed E-state index contributed by atoms with van der Waals surface area (Å²) >= 11 is 5.12. The van der Waals surface area contributed by atoms with E-state index in [9.17, 15) is 0 Å². The minimum Gasteiger partial charge on any atom is -0.306 e. The van der Waals surface area contributed by atoms with Gasteiger partial charge in [-0.15, -0.1) is 10.2 Å². The highest BCUT2D eigenvalue weighted by Crippen LogP contribution is 2.24. The van der Waals surface area contributed by atoms with E-state index >= 15 is 0 Å². The molecule has 3 rings (SSSR count). The van der Waals surface area contributed by atoms with Crippen molar-refractivity contribution in [3.05, 3.63) is 34.3 Å². The lowest BCUT2D eigenvalue weighted by atomic mass is 10.2. The lowest BCUT2D eigenvalue weighted by molar-refractivity contribution is 0.591. The molecule has 0 bridgehead atoms. The highest BCUT2D eigenvalue weighted by molar-refractivity contribution is 9.10. The second kappa shape index (κ2) is 6.05. The van der Waals surface area contributed by atoms with Crippen LogP contribution in [0.3, 0.4) is 0 Å². The number of fused-ring (bicyclic) bond motifs is 1. The smallest absolute Gasteiger partial charge is 0.191 e. The van der Waals surface area contributed by atoms with Crippen molar-refractivity contribution in [2.75, 3.05) is 0 Å². The van der Waals surface area contributed by atoms with Crippen LogP contribution in [0.2, 0.25) is 0 Å². The molecule has 0 unspecified atom stereocenters. The van der Waals surface area contributed by atoms with Crippen LogP contribution in [0.4, 0.5) is 0 Å². The van der Waals surface area contributed by atoms with E-state index in [0.29, 0.717) is 0 Å². The van der Waals surface area contributed by atoms with Gasteiger partial charge in [-0.25, -0.2) is 0 Å². The van der Waals surface area contributed by atoms with Gasteiger partial charge in [0.2, 0.25) is 0 Å². The zero-order chi connectivity index (χ0) is 13.1. The summed E-state index contributed by atoms with van der Waals surface area (Å²) in [6.45, 7) is 1.05. The van der Waals surface area contributed by atoms with E-state index in [1.54, 1.807) is 11.8 Å². The molecule has 19 heavy (non-hydrogen) atoms. The van der Waals surface area contributed by atoms with Crippen molar-refractivity contribution in [2.24, 2.45) is 0 Å². The number of halogens is 1. The van der Waals surface area contributed by atoms with Crippen LogP contribution in [-0.4, -0.2) is 19.7 Å². The Hall–Kier alpha value is -0.880. The minimum atomic E-state index is 0.839. The largest absolute Gasteiger partial charge is 0.306 e. The number of hydrogen-bond donors (Lipinski definition) is 0. The quantitative estimate of drug-likeness (QED) is 0.804. The van der Waals surface area contributed by atoms with Crippen molar-refractivity contribution >= 4 is 27.7 Å². The third-order valence-electron chi connectivity index (χ3n) is 3.21. The number of aryl methyl sites for hydroxylation is 1. The Balaban J connectivity index is 1.70. The number of rotatable bonds is 3. The summed E-state index contributed by atoms with van der Waals surface area (Å²) in [5.41, 5.74) is 1.07. The molecule has 0 spiro atoms. The van der Waals surface area contributed by atoms with E-state index < -0.39 is 0 Å². The van der Waals surface area contributed by atoms with Crippen molar-refractivity contribution in [1.29, 1.82) is 0 Å². The van der Waals surface area contributed by atoms with Gasteiger partial charge in [0.25, 0.3) is 0 Å². The average molecular weight is 339 g/mol. The van der Waals surface area contributed by atoms with Crippen LogP contribution in [0.25, 0.3) is 0 Å². The Morgan fingerprint density at radius 1 is 1.21 bits per heavy atom. The maximum absolute atomic E-state index is 4.38. The fourth-order valence-electron chi connectivity index (χ4n) is 2.20. The van der Waals surface area contributed by atoms with E-state index in [1.165, 1.54) is 19.3 Å². The number of aromatic nitrogens is 4. The number of thioether (sulfide) groups is 1. The van der Waals surface area contributed by atoms with E-state index in [0.717, 1.165) is 39.9 Å². The molecule has 3 heterocycles. The number of nitrogens with zero attached hydrogens (tertiary/aromatic N) is 4. The molecule has 100 valence electrons. The van der Waals surface area contributed by atoms with Crippen LogP contribution < -0.4 is 0 Å². The molecule has 1 aliphatic heterocycles. The van der Waals surface area contributed by atoms with Crippen LogP contribution in [-0.2, 0) is 18.7 Å². The lowest BCUT2D eigenvalue weighted by Gasteiger charge is -2.06. The highest BCUT2D eigenvalue weighted by atomic mass is 79.9. The fraction of sp³-hybridized carbons (Fsp3) is 0.462. The second-order valence-electron chi connectivity index (χ2n) is 4.62. The van der Waals surface area contributed by atoms with Gasteiger partial charge in [-0.1, -0.05) is 18.2 Å². The van der Waals surface area contributed by atoms with Gasteiger partial charge >= 0.3 is 0 Å². The summed E-state index contributed by atoms with van der Waals surface area (Å²) in [6, 6.07) is 4.06. The van der Waals surface area contributed by atoms with Crippen LogP contribution in [0, 0.1) is 0 Å². The molecule has 0 saturated heterocycles. The predicted molar refractivity (Wildman–Crippen MR) is 79.1 cm³/mol. The molecule has 0 amide bonds. The first-order valence-corrected chi connectivity index (χ1v) is 8.26. The number of hydrogen-bond acceptors (Lipinski definition) is 4. The Morgan fingerprint density at radius 2 is 2.16 bits per heavy atom. The average Bonchev–Trinajstić information content (AvgIpc) is 2.66.